The van der Waals surface area contributed by atoms with Crippen molar-refractivity contribution in [1.29, 1.82) is 0 Å². The molecule has 2 fully saturated rings. The first-order chi connectivity index (χ1) is 11.4. The quantitative estimate of drug-likeness (QED) is 0.790. The lowest BCUT2D eigenvalue weighted by atomic mass is 9.92. The highest BCUT2D eigenvalue weighted by molar-refractivity contribution is 5.87. The molecule has 24 heavy (non-hydrogen) atoms. The zero-order chi connectivity index (χ0) is 17.3. The third-order valence-corrected chi connectivity index (χ3v) is 5.10. The zero-order valence-electron chi connectivity index (χ0n) is 13.4. The summed E-state index contributed by atoms with van der Waals surface area (Å²) in [5, 5.41) is 0. The summed E-state index contributed by atoms with van der Waals surface area (Å²) >= 11 is 0. The van der Waals surface area contributed by atoms with Gasteiger partial charge in [-0.2, -0.15) is 13.2 Å². The van der Waals surface area contributed by atoms with Crippen molar-refractivity contribution in [2.24, 2.45) is 5.92 Å². The molecule has 2 saturated heterocycles. The molecule has 0 saturated carbocycles. The van der Waals surface area contributed by atoms with Gasteiger partial charge in [-0.05, 0) is 43.0 Å². The summed E-state index contributed by atoms with van der Waals surface area (Å²) in [6.45, 7) is 6.25. The number of benzene rings is 1. The minimum atomic E-state index is -4.32. The Bertz CT molecular complexity index is 629. The van der Waals surface area contributed by atoms with E-state index in [1.807, 2.05) is 0 Å². The van der Waals surface area contributed by atoms with Crippen LogP contribution in [0.4, 0.5) is 13.2 Å². The van der Waals surface area contributed by atoms with Crippen molar-refractivity contribution in [2.45, 2.75) is 31.6 Å². The van der Waals surface area contributed by atoms with Crippen molar-refractivity contribution >= 4 is 5.91 Å². The van der Waals surface area contributed by atoms with Crippen LogP contribution in [0.5, 0.6) is 0 Å². The Morgan fingerprint density at radius 2 is 2.04 bits per heavy atom. The Morgan fingerprint density at radius 3 is 2.75 bits per heavy atom. The molecular weight excluding hydrogens is 317 g/mol. The number of carbonyl (C=O) groups is 1. The fraction of sp³-hybridized carbons (Fsp3) is 0.500. The maximum Gasteiger partial charge on any atom is 0.416 e. The van der Waals surface area contributed by atoms with Gasteiger partial charge >= 0.3 is 6.18 Å². The second kappa shape index (κ2) is 6.59. The number of nitrogens with zero attached hydrogens (tertiary/aromatic N) is 2. The third kappa shape index (κ3) is 3.48. The van der Waals surface area contributed by atoms with Gasteiger partial charge in [0.2, 0.25) is 5.91 Å². The van der Waals surface area contributed by atoms with Crippen LogP contribution < -0.4 is 0 Å². The number of hydrogen-bond donors (Lipinski definition) is 0. The molecule has 2 atom stereocenters. The van der Waals surface area contributed by atoms with Crippen LogP contribution in [-0.4, -0.2) is 41.4 Å². The molecule has 0 aliphatic carbocycles. The average Bonchev–Trinajstić information content (AvgIpc) is 2.96. The monoisotopic (exact) mass is 338 g/mol. The van der Waals surface area contributed by atoms with Gasteiger partial charge in [0.05, 0.1) is 5.56 Å². The summed E-state index contributed by atoms with van der Waals surface area (Å²) in [5.74, 6) is 0.448. The lowest BCUT2D eigenvalue weighted by Crippen LogP contribution is -2.49. The lowest BCUT2D eigenvalue weighted by molar-refractivity contribution is -0.137. The molecule has 2 aliphatic rings. The molecule has 1 aromatic rings. The van der Waals surface area contributed by atoms with E-state index in [-0.39, 0.29) is 11.9 Å². The maximum atomic E-state index is 12.9. The molecule has 0 aromatic heterocycles. The Balaban J connectivity index is 1.71. The number of likely N-dealkylation sites (tertiary alicyclic amines) is 2. The summed E-state index contributed by atoms with van der Waals surface area (Å²) in [6, 6.07) is 5.74. The van der Waals surface area contributed by atoms with Gasteiger partial charge in [-0.1, -0.05) is 24.8 Å². The molecular formula is C18H21F3N2O. The van der Waals surface area contributed by atoms with Gasteiger partial charge in [-0.3, -0.25) is 9.69 Å². The van der Waals surface area contributed by atoms with Crippen molar-refractivity contribution in [2.75, 3.05) is 19.6 Å². The minimum Gasteiger partial charge on any atom is -0.338 e. The molecule has 0 spiro atoms. The number of halogens is 3. The van der Waals surface area contributed by atoms with Crippen molar-refractivity contribution in [3.05, 3.63) is 48.0 Å². The van der Waals surface area contributed by atoms with Gasteiger partial charge in [-0.15, -0.1) is 0 Å². The van der Waals surface area contributed by atoms with Gasteiger partial charge < -0.3 is 4.90 Å². The number of carbonyl (C=O) groups excluding carboxylic acids is 1. The SMILES string of the molecule is C=CC(=O)N1CC[C@@H]2CCN(Cc3cccc(C(F)(F)F)c3)[C@@H]2C1. The normalized spacial score (nSPS) is 24.7. The fourth-order valence-corrected chi connectivity index (χ4v) is 3.83. The first kappa shape index (κ1) is 17.0. The summed E-state index contributed by atoms with van der Waals surface area (Å²) in [4.78, 5) is 15.8. The number of piperidine rings is 1. The van der Waals surface area contributed by atoms with Gasteiger partial charge in [0, 0.05) is 25.7 Å². The van der Waals surface area contributed by atoms with E-state index in [0.29, 0.717) is 24.6 Å². The third-order valence-electron chi connectivity index (χ3n) is 5.10. The number of fused-ring (bicyclic) bond motifs is 1. The van der Waals surface area contributed by atoms with Gasteiger partial charge in [0.1, 0.15) is 0 Å². The number of amides is 1. The first-order valence-corrected chi connectivity index (χ1v) is 8.20. The summed E-state index contributed by atoms with van der Waals surface area (Å²) < 4.78 is 38.6. The van der Waals surface area contributed by atoms with E-state index in [1.165, 1.54) is 18.2 Å². The molecule has 2 heterocycles. The van der Waals surface area contributed by atoms with Crippen LogP contribution in [0, 0.1) is 5.92 Å². The van der Waals surface area contributed by atoms with Gasteiger partial charge in [0.15, 0.2) is 0 Å². The fourth-order valence-electron chi connectivity index (χ4n) is 3.83. The molecule has 0 radical (unpaired) electrons. The second-order valence-electron chi connectivity index (χ2n) is 6.56. The van der Waals surface area contributed by atoms with Gasteiger partial charge in [-0.25, -0.2) is 0 Å². The van der Waals surface area contributed by atoms with Crippen molar-refractivity contribution in [1.82, 2.24) is 9.80 Å². The van der Waals surface area contributed by atoms with Crippen molar-refractivity contribution in [3.63, 3.8) is 0 Å². The predicted octanol–water partition coefficient (Wildman–Crippen LogP) is 3.31. The molecule has 3 rings (SSSR count). The van der Waals surface area contributed by atoms with E-state index >= 15 is 0 Å². The van der Waals surface area contributed by atoms with Crippen LogP contribution >= 0.6 is 0 Å². The summed E-state index contributed by atoms with van der Waals surface area (Å²) in [6.07, 6.45) is -1.00. The molecule has 1 aromatic carbocycles. The molecule has 2 aliphatic heterocycles. The van der Waals surface area contributed by atoms with E-state index in [0.717, 1.165) is 32.0 Å². The van der Waals surface area contributed by atoms with Crippen LogP contribution in [0.25, 0.3) is 0 Å². The second-order valence-corrected chi connectivity index (χ2v) is 6.56. The number of alkyl halides is 3. The van der Waals surface area contributed by atoms with E-state index in [4.69, 9.17) is 0 Å². The smallest absolute Gasteiger partial charge is 0.338 e. The molecule has 0 N–H and O–H groups in total. The van der Waals surface area contributed by atoms with E-state index < -0.39 is 11.7 Å². The van der Waals surface area contributed by atoms with Crippen LogP contribution in [-0.2, 0) is 17.5 Å². The highest BCUT2D eigenvalue weighted by Crippen LogP contribution is 2.34. The lowest BCUT2D eigenvalue weighted by Gasteiger charge is -2.38. The molecule has 0 unspecified atom stereocenters. The molecule has 6 heteroatoms. The molecule has 0 bridgehead atoms. The number of rotatable bonds is 3. The van der Waals surface area contributed by atoms with Crippen LogP contribution in [0.1, 0.15) is 24.0 Å². The Kier molecular flexibility index (Phi) is 4.67. The topological polar surface area (TPSA) is 23.6 Å². The largest absolute Gasteiger partial charge is 0.416 e. The van der Waals surface area contributed by atoms with Gasteiger partial charge in [0.25, 0.3) is 0 Å². The highest BCUT2D eigenvalue weighted by Gasteiger charge is 2.39. The maximum absolute atomic E-state index is 12.9. The molecule has 130 valence electrons. The summed E-state index contributed by atoms with van der Waals surface area (Å²) in [5.41, 5.74) is 0.0560. The standard InChI is InChI=1S/C18H21F3N2O/c1-2-17(24)23-9-7-14-6-8-22(16(14)12-23)11-13-4-3-5-15(10-13)18(19,20)21/h2-5,10,14,16H,1,6-9,11-12H2/t14-,16+/m0/s1. The minimum absolute atomic E-state index is 0.0700. The Labute approximate surface area is 139 Å². The molecule has 1 amide bonds. The predicted molar refractivity (Wildman–Crippen MR) is 85.1 cm³/mol. The average molecular weight is 338 g/mol. The molecule has 3 nitrogen and oxygen atoms in total. The van der Waals surface area contributed by atoms with Crippen LogP contribution in [0.2, 0.25) is 0 Å². The zero-order valence-corrected chi connectivity index (χ0v) is 13.4. The van der Waals surface area contributed by atoms with Crippen molar-refractivity contribution < 1.29 is 18.0 Å². The Morgan fingerprint density at radius 1 is 1.29 bits per heavy atom. The van der Waals surface area contributed by atoms with E-state index in [9.17, 15) is 18.0 Å². The first-order valence-electron chi connectivity index (χ1n) is 8.20. The Hall–Kier alpha value is -1.82. The van der Waals surface area contributed by atoms with Crippen LogP contribution in [0.15, 0.2) is 36.9 Å². The highest BCUT2D eigenvalue weighted by atomic mass is 19.4. The van der Waals surface area contributed by atoms with Crippen molar-refractivity contribution in [3.8, 4) is 0 Å². The van der Waals surface area contributed by atoms with E-state index in [1.54, 1.807) is 11.0 Å². The summed E-state index contributed by atoms with van der Waals surface area (Å²) in [7, 11) is 0. The van der Waals surface area contributed by atoms with E-state index in [2.05, 4.69) is 11.5 Å². The van der Waals surface area contributed by atoms with Crippen LogP contribution in [0.3, 0.4) is 0 Å². The number of hydrogen-bond acceptors (Lipinski definition) is 2.